The van der Waals surface area contributed by atoms with Crippen LogP contribution in [0.5, 0.6) is 0 Å². The highest BCUT2D eigenvalue weighted by molar-refractivity contribution is 6.26. The highest BCUT2D eigenvalue weighted by atomic mass is 16.5. The maximum Gasteiger partial charge on any atom is 0.322 e. The minimum Gasteiger partial charge on any atom is -0.463 e. The monoisotopic (exact) mass is 415 g/mol. The zero-order chi connectivity index (χ0) is 22.0. The molecule has 1 aromatic rings. The summed E-state index contributed by atoms with van der Waals surface area (Å²) in [7, 11) is 0. The molecule has 2 heterocycles. The Labute approximate surface area is 173 Å². The molecule has 3 rings (SSSR count). The molecule has 160 valence electrons. The van der Waals surface area contributed by atoms with Crippen molar-refractivity contribution in [2.45, 2.75) is 38.8 Å². The van der Waals surface area contributed by atoms with Crippen LogP contribution in [0.1, 0.15) is 42.6 Å². The largest absolute Gasteiger partial charge is 0.463 e. The van der Waals surface area contributed by atoms with Crippen molar-refractivity contribution in [1.29, 1.82) is 5.41 Å². The molecule has 2 atom stereocenters. The van der Waals surface area contributed by atoms with E-state index < -0.39 is 35.8 Å². The van der Waals surface area contributed by atoms with Gasteiger partial charge in [-0.15, -0.1) is 0 Å². The average molecular weight is 415 g/mol. The summed E-state index contributed by atoms with van der Waals surface area (Å²) >= 11 is 0. The third-order valence-electron chi connectivity index (χ3n) is 5.24. The van der Waals surface area contributed by atoms with Gasteiger partial charge in [0.15, 0.2) is 0 Å². The number of likely N-dealkylation sites (N-methyl/N-ethyl adjacent to an activating group) is 1. The number of amidine groups is 1. The molecule has 2 aliphatic rings. The quantitative estimate of drug-likeness (QED) is 0.325. The van der Waals surface area contributed by atoms with E-state index in [0.29, 0.717) is 12.1 Å². The molecule has 1 unspecified atom stereocenters. The van der Waals surface area contributed by atoms with Crippen LogP contribution in [0.2, 0.25) is 0 Å². The number of amides is 3. The van der Waals surface area contributed by atoms with E-state index in [1.807, 2.05) is 6.92 Å². The second-order valence-corrected chi connectivity index (χ2v) is 7.18. The lowest BCUT2D eigenvalue weighted by Gasteiger charge is -2.35. The maximum absolute atomic E-state index is 13.0. The number of nitrogens with one attached hydrogen (secondary N) is 2. The van der Waals surface area contributed by atoms with Crippen molar-refractivity contribution in [2.24, 2.45) is 0 Å². The molecule has 0 aliphatic carbocycles. The van der Waals surface area contributed by atoms with Gasteiger partial charge in [0.05, 0.1) is 17.7 Å². The van der Waals surface area contributed by atoms with Crippen molar-refractivity contribution in [3.63, 3.8) is 0 Å². The van der Waals surface area contributed by atoms with Crippen LogP contribution < -0.4 is 11.1 Å². The molecular weight excluding hydrogens is 390 g/mol. The van der Waals surface area contributed by atoms with Crippen molar-refractivity contribution >= 4 is 35.2 Å². The summed E-state index contributed by atoms with van der Waals surface area (Å²) in [6.07, 6.45) is 0.161. The van der Waals surface area contributed by atoms with Crippen LogP contribution in [0.25, 0.3) is 0 Å². The first-order chi connectivity index (χ1) is 14.3. The van der Waals surface area contributed by atoms with Crippen molar-refractivity contribution in [1.82, 2.24) is 15.1 Å². The summed E-state index contributed by atoms with van der Waals surface area (Å²) in [6, 6.07) is 3.28. The molecule has 1 fully saturated rings. The molecule has 30 heavy (non-hydrogen) atoms. The standard InChI is InChI=1S/C20H25N5O5/c1-3-23-11(2)20(29)30-10-9-24-15(26)8-7-14(19(24)28)25-17(22)16-12(18(25)27)5-4-6-13(16)21/h4-6,11,14,22-23H,3,7-10,21H2,1-2H3/t11-,14?/m0/s1. The molecule has 0 saturated carbocycles. The average Bonchev–Trinajstić information content (AvgIpc) is 2.96. The van der Waals surface area contributed by atoms with Crippen molar-refractivity contribution in [3.05, 3.63) is 29.3 Å². The third kappa shape index (κ3) is 3.78. The van der Waals surface area contributed by atoms with E-state index in [1.54, 1.807) is 25.1 Å². The van der Waals surface area contributed by atoms with Crippen LogP contribution in [0.3, 0.4) is 0 Å². The first-order valence-electron chi connectivity index (χ1n) is 9.83. The van der Waals surface area contributed by atoms with E-state index in [1.165, 1.54) is 0 Å². The minimum atomic E-state index is -0.981. The van der Waals surface area contributed by atoms with E-state index in [0.717, 1.165) is 9.80 Å². The molecule has 2 aliphatic heterocycles. The van der Waals surface area contributed by atoms with Gasteiger partial charge in [0.1, 0.15) is 24.5 Å². The highest BCUT2D eigenvalue weighted by Gasteiger charge is 2.45. The number of hydrogen-bond donors (Lipinski definition) is 3. The van der Waals surface area contributed by atoms with E-state index in [-0.39, 0.29) is 43.1 Å². The first kappa shape index (κ1) is 21.4. The Morgan fingerprint density at radius 1 is 1.37 bits per heavy atom. The van der Waals surface area contributed by atoms with E-state index in [9.17, 15) is 19.2 Å². The molecule has 4 N–H and O–H groups in total. The molecule has 10 heteroatoms. The Morgan fingerprint density at radius 3 is 2.77 bits per heavy atom. The number of carbonyl (C=O) groups excluding carboxylic acids is 4. The Bertz CT molecular complexity index is 915. The number of nitrogens with zero attached hydrogens (tertiary/aromatic N) is 2. The van der Waals surface area contributed by atoms with Crippen molar-refractivity contribution in [2.75, 3.05) is 25.4 Å². The second kappa shape index (κ2) is 8.62. The normalized spacial score (nSPS) is 19.9. The number of piperidine rings is 1. The molecule has 3 amide bonds. The summed E-state index contributed by atoms with van der Waals surface area (Å²) in [4.78, 5) is 52.1. The fourth-order valence-electron chi connectivity index (χ4n) is 3.71. The fourth-order valence-corrected chi connectivity index (χ4v) is 3.71. The lowest BCUT2D eigenvalue weighted by Crippen LogP contribution is -2.56. The number of rotatable bonds is 7. The SMILES string of the molecule is CCN[C@@H](C)C(=O)OCCN1C(=O)CCC(N2C(=N)c3c(N)cccc3C2=O)C1=O. The van der Waals surface area contributed by atoms with Gasteiger partial charge < -0.3 is 15.8 Å². The van der Waals surface area contributed by atoms with Gasteiger partial charge in [0.2, 0.25) is 5.91 Å². The number of nitrogens with two attached hydrogens (primary N) is 1. The third-order valence-corrected chi connectivity index (χ3v) is 5.24. The zero-order valence-corrected chi connectivity index (χ0v) is 16.9. The Kier molecular flexibility index (Phi) is 6.16. The Morgan fingerprint density at radius 2 is 2.10 bits per heavy atom. The van der Waals surface area contributed by atoms with E-state index in [4.69, 9.17) is 15.9 Å². The number of benzene rings is 1. The topological polar surface area (TPSA) is 146 Å². The van der Waals surface area contributed by atoms with Gasteiger partial charge in [-0.2, -0.15) is 0 Å². The molecule has 0 aromatic heterocycles. The van der Waals surface area contributed by atoms with E-state index >= 15 is 0 Å². The van der Waals surface area contributed by atoms with Gasteiger partial charge in [-0.1, -0.05) is 13.0 Å². The van der Waals surface area contributed by atoms with Gasteiger partial charge in [-0.25, -0.2) is 0 Å². The minimum absolute atomic E-state index is 0.0427. The fraction of sp³-hybridized carbons (Fsp3) is 0.450. The predicted molar refractivity (Wildman–Crippen MR) is 108 cm³/mol. The van der Waals surface area contributed by atoms with Gasteiger partial charge in [0, 0.05) is 12.1 Å². The smallest absolute Gasteiger partial charge is 0.322 e. The summed E-state index contributed by atoms with van der Waals surface area (Å²) in [6.45, 7) is 3.87. The second-order valence-electron chi connectivity index (χ2n) is 7.18. The van der Waals surface area contributed by atoms with Crippen LogP contribution in [-0.2, 0) is 19.1 Å². The van der Waals surface area contributed by atoms with Crippen LogP contribution in [0.4, 0.5) is 5.69 Å². The number of nitrogen functional groups attached to an aromatic ring is 1. The first-order valence-corrected chi connectivity index (χ1v) is 9.83. The molecule has 1 saturated heterocycles. The van der Waals surface area contributed by atoms with Gasteiger partial charge in [0.25, 0.3) is 11.8 Å². The number of imide groups is 1. The summed E-state index contributed by atoms with van der Waals surface area (Å²) in [5, 5.41) is 11.3. The van der Waals surface area contributed by atoms with Crippen LogP contribution in [0, 0.1) is 5.41 Å². The molecule has 0 radical (unpaired) electrons. The predicted octanol–water partition coefficient (Wildman–Crippen LogP) is 0.109. The number of hydrogen-bond acceptors (Lipinski definition) is 8. The van der Waals surface area contributed by atoms with Gasteiger partial charge >= 0.3 is 5.97 Å². The van der Waals surface area contributed by atoms with Crippen LogP contribution >= 0.6 is 0 Å². The molecular formula is C20H25N5O5. The van der Waals surface area contributed by atoms with Crippen LogP contribution in [-0.4, -0.2) is 71.1 Å². The zero-order valence-electron chi connectivity index (χ0n) is 16.9. The summed E-state index contributed by atoms with van der Waals surface area (Å²) in [5.41, 5.74) is 6.76. The maximum atomic E-state index is 13.0. The lowest BCUT2D eigenvalue weighted by atomic mass is 10.0. The van der Waals surface area contributed by atoms with Gasteiger partial charge in [-0.3, -0.25) is 34.4 Å². The van der Waals surface area contributed by atoms with Crippen LogP contribution in [0.15, 0.2) is 18.2 Å². The summed E-state index contributed by atoms with van der Waals surface area (Å²) < 4.78 is 5.14. The van der Waals surface area contributed by atoms with Crippen molar-refractivity contribution < 1.29 is 23.9 Å². The lowest BCUT2D eigenvalue weighted by molar-refractivity contribution is -0.155. The number of anilines is 1. The molecule has 0 spiro atoms. The number of likely N-dealkylation sites (tertiary alicyclic amines) is 1. The van der Waals surface area contributed by atoms with E-state index in [2.05, 4.69) is 5.32 Å². The number of fused-ring (bicyclic) bond motifs is 1. The summed E-state index contributed by atoms with van der Waals surface area (Å²) in [5.74, 6) is -2.10. The number of esters is 1. The highest BCUT2D eigenvalue weighted by Crippen LogP contribution is 2.31. The molecule has 1 aromatic carbocycles. The number of ether oxygens (including phenoxy) is 1. The Hall–Kier alpha value is -3.27. The molecule has 0 bridgehead atoms. The number of carbonyl (C=O) groups is 4. The molecule has 10 nitrogen and oxygen atoms in total. The van der Waals surface area contributed by atoms with Crippen molar-refractivity contribution in [3.8, 4) is 0 Å². The van der Waals surface area contributed by atoms with Gasteiger partial charge in [-0.05, 0) is 32.0 Å². The Balaban J connectivity index is 1.70.